The van der Waals surface area contributed by atoms with Gasteiger partial charge in [0, 0.05) is 40.8 Å². The van der Waals surface area contributed by atoms with Gasteiger partial charge in [-0.3, -0.25) is 14.6 Å². The fraction of sp³-hybridized carbons (Fsp3) is 0.515. The third-order valence-electron chi connectivity index (χ3n) is 4.31. The van der Waals surface area contributed by atoms with Crippen LogP contribution in [0.5, 0.6) is 0 Å². The standard InChI is InChI=1S/C11H18N4O.C9H19NO3.C7H11N.2C2H6.C2H2/c1-7-11(16)10(3)13-15(6)9(2)8-12-14(4)5;1-3-4-9(2)10(7-11)5-6-13-8-12;1-3-4-5-6-7-8-2;3*1-2/h7-8H,1-2H2,3-6H3;7,9,12H,3-6,8H2,1-2H3;3-8H,1H2,2H3;2*1-2H3;1-2H/b12-8-,13-10-;;5-4-,7-6+;;;. The highest BCUT2D eigenvalue weighted by atomic mass is 16.6. The van der Waals surface area contributed by atoms with Crippen molar-refractivity contribution in [3.8, 4) is 12.8 Å². The monoisotopic (exact) mass is 606 g/mol. The molecule has 10 heteroatoms. The third-order valence-corrected chi connectivity index (χ3v) is 4.31. The van der Waals surface area contributed by atoms with Crippen molar-refractivity contribution in [1.82, 2.24) is 20.2 Å². The molecule has 0 aliphatic heterocycles. The van der Waals surface area contributed by atoms with Gasteiger partial charge in [0.2, 0.25) is 12.2 Å². The van der Waals surface area contributed by atoms with Crippen LogP contribution in [0.15, 0.2) is 72.2 Å². The van der Waals surface area contributed by atoms with E-state index in [4.69, 9.17) is 9.84 Å². The Balaban J connectivity index is -0.000000114. The van der Waals surface area contributed by atoms with Gasteiger partial charge in [0.05, 0.1) is 18.5 Å². The van der Waals surface area contributed by atoms with Crippen LogP contribution in [0, 0.1) is 12.8 Å². The first-order valence-electron chi connectivity index (χ1n) is 14.3. The van der Waals surface area contributed by atoms with Crippen LogP contribution in [0.1, 0.15) is 61.3 Å². The summed E-state index contributed by atoms with van der Waals surface area (Å²) in [6.07, 6.45) is 22.9. The second-order valence-corrected chi connectivity index (χ2v) is 7.65. The van der Waals surface area contributed by atoms with Crippen LogP contribution in [0.25, 0.3) is 0 Å². The number of carbonyl (C=O) groups is 2. The van der Waals surface area contributed by atoms with Crippen LogP contribution >= 0.6 is 0 Å². The molecule has 0 aliphatic rings. The van der Waals surface area contributed by atoms with Gasteiger partial charge in [-0.2, -0.15) is 10.2 Å². The highest BCUT2D eigenvalue weighted by Crippen LogP contribution is 2.03. The number of hydrogen-bond acceptors (Lipinski definition) is 9. The number of hydrazone groups is 2. The number of carbonyl (C=O) groups excluding carboxylic acids is 2. The smallest absolute Gasteiger partial charge is 0.210 e. The Bertz CT molecular complexity index is 802. The molecule has 0 saturated carbocycles. The first kappa shape index (κ1) is 51.8. The number of nitrogens with one attached hydrogen (secondary N) is 1. The lowest BCUT2D eigenvalue weighted by Crippen LogP contribution is -2.34. The van der Waals surface area contributed by atoms with Gasteiger partial charge in [-0.1, -0.05) is 79.0 Å². The zero-order valence-electron chi connectivity index (χ0n) is 28.9. The van der Waals surface area contributed by atoms with Crippen molar-refractivity contribution >= 4 is 24.1 Å². The van der Waals surface area contributed by atoms with E-state index >= 15 is 0 Å². The molecular formula is C33H62N6O4. The molecule has 0 heterocycles. The van der Waals surface area contributed by atoms with Crippen molar-refractivity contribution in [2.45, 2.75) is 67.3 Å². The Hall–Kier alpha value is -3.94. The average Bonchev–Trinajstić information content (AvgIpc) is 3.03. The average molecular weight is 607 g/mol. The normalized spacial score (nSPS) is 10.3. The summed E-state index contributed by atoms with van der Waals surface area (Å²) in [5.41, 5.74) is 0.946. The predicted octanol–water partition coefficient (Wildman–Crippen LogP) is 5.47. The summed E-state index contributed by atoms with van der Waals surface area (Å²) in [5, 5.41) is 22.4. The highest BCUT2D eigenvalue weighted by molar-refractivity contribution is 6.43. The van der Waals surface area contributed by atoms with Crippen LogP contribution in [0.4, 0.5) is 0 Å². The molecule has 0 aromatic carbocycles. The zero-order valence-corrected chi connectivity index (χ0v) is 28.9. The van der Waals surface area contributed by atoms with Gasteiger partial charge < -0.3 is 25.1 Å². The molecule has 1 atom stereocenters. The number of amides is 1. The molecule has 0 bridgehead atoms. The van der Waals surface area contributed by atoms with Gasteiger partial charge in [-0.05, 0) is 38.6 Å². The second-order valence-electron chi connectivity index (χ2n) is 7.65. The molecule has 0 aromatic rings. The third kappa shape index (κ3) is 42.7. The lowest BCUT2D eigenvalue weighted by atomic mass is 10.2. The molecule has 0 rings (SSSR count). The Morgan fingerprint density at radius 1 is 1.09 bits per heavy atom. The molecule has 0 aliphatic carbocycles. The van der Waals surface area contributed by atoms with Crippen molar-refractivity contribution in [2.75, 3.05) is 48.1 Å². The van der Waals surface area contributed by atoms with E-state index in [0.717, 1.165) is 19.3 Å². The Morgan fingerprint density at radius 3 is 2.05 bits per heavy atom. The van der Waals surface area contributed by atoms with Crippen molar-refractivity contribution in [3.63, 3.8) is 0 Å². The Kier molecular flexibility index (Phi) is 54.2. The maximum absolute atomic E-state index is 11.2. The fourth-order valence-electron chi connectivity index (χ4n) is 2.24. The summed E-state index contributed by atoms with van der Waals surface area (Å²) in [7, 11) is 7.17. The minimum absolute atomic E-state index is 0.204. The number of terminal acetylenes is 1. The number of aliphatic hydroxyl groups excluding tert-OH is 1. The number of hydrogen-bond donors (Lipinski definition) is 2. The van der Waals surface area contributed by atoms with Crippen molar-refractivity contribution in [1.29, 1.82) is 0 Å². The maximum atomic E-state index is 11.2. The number of nitrogens with zero attached hydrogens (tertiary/aromatic N) is 5. The Morgan fingerprint density at radius 2 is 1.65 bits per heavy atom. The van der Waals surface area contributed by atoms with E-state index in [2.05, 4.69) is 55.0 Å². The van der Waals surface area contributed by atoms with Gasteiger partial charge >= 0.3 is 0 Å². The topological polar surface area (TPSA) is 110 Å². The molecular weight excluding hydrogens is 544 g/mol. The molecule has 0 saturated heterocycles. The van der Waals surface area contributed by atoms with Crippen molar-refractivity contribution in [3.05, 3.63) is 62.0 Å². The first-order chi connectivity index (χ1) is 20.6. The van der Waals surface area contributed by atoms with Gasteiger partial charge in [0.1, 0.15) is 12.5 Å². The van der Waals surface area contributed by atoms with E-state index in [-0.39, 0.29) is 18.6 Å². The van der Waals surface area contributed by atoms with E-state index in [1.807, 2.05) is 66.1 Å². The van der Waals surface area contributed by atoms with Crippen molar-refractivity contribution < 1.29 is 19.4 Å². The fourth-order valence-corrected chi connectivity index (χ4v) is 2.24. The summed E-state index contributed by atoms with van der Waals surface area (Å²) >= 11 is 0. The summed E-state index contributed by atoms with van der Waals surface area (Å²) < 4.78 is 4.75. The van der Waals surface area contributed by atoms with E-state index < -0.39 is 0 Å². The Labute approximate surface area is 264 Å². The van der Waals surface area contributed by atoms with Gasteiger partial charge in [-0.25, -0.2) is 0 Å². The van der Waals surface area contributed by atoms with Crippen molar-refractivity contribution in [2.24, 2.45) is 10.2 Å². The minimum atomic E-state index is -0.283. The summed E-state index contributed by atoms with van der Waals surface area (Å²) in [5.74, 6) is -0.204. The second kappa shape index (κ2) is 45.1. The summed E-state index contributed by atoms with van der Waals surface area (Å²) in [6.45, 7) is 25.1. The lowest BCUT2D eigenvalue weighted by Gasteiger charge is -2.24. The highest BCUT2D eigenvalue weighted by Gasteiger charge is 2.09. The molecule has 1 amide bonds. The minimum Gasteiger partial charge on any atom is -0.394 e. The number of aliphatic hydroxyl groups is 1. The summed E-state index contributed by atoms with van der Waals surface area (Å²) in [4.78, 5) is 23.5. The van der Waals surface area contributed by atoms with Gasteiger partial charge in [0.15, 0.2) is 0 Å². The van der Waals surface area contributed by atoms with Crippen LogP contribution in [-0.4, -0.2) is 98.3 Å². The number of rotatable bonds is 17. The van der Waals surface area contributed by atoms with Crippen LogP contribution in [-0.2, 0) is 14.3 Å². The van der Waals surface area contributed by atoms with Gasteiger partial charge in [-0.15, -0.1) is 12.8 Å². The molecule has 248 valence electrons. The molecule has 10 nitrogen and oxygen atoms in total. The van der Waals surface area contributed by atoms with Crippen LogP contribution in [0.2, 0.25) is 0 Å². The molecule has 0 radical (unpaired) electrons. The van der Waals surface area contributed by atoms with Crippen LogP contribution in [0.3, 0.4) is 0 Å². The SMILES string of the molecule is C#C.C=C/C=C\C=C\NC.C=CC(=O)/C(C)=N\N(C)C(=C)/C=N\N(C)C.CC.CC.CCCC(C)N(C=O)CCOCO. The zero-order chi connectivity index (χ0) is 35.1. The van der Waals surface area contributed by atoms with E-state index in [1.54, 1.807) is 50.3 Å². The molecule has 0 fully saturated rings. The molecule has 1 unspecified atom stereocenters. The maximum Gasteiger partial charge on any atom is 0.210 e. The molecule has 2 N–H and O–H groups in total. The molecule has 43 heavy (non-hydrogen) atoms. The quantitative estimate of drug-likeness (QED) is 0.0330. The summed E-state index contributed by atoms with van der Waals surface area (Å²) in [6, 6.07) is 0.254. The molecule has 0 aromatic heterocycles. The van der Waals surface area contributed by atoms with E-state index in [0.29, 0.717) is 24.6 Å². The molecule has 0 spiro atoms. The largest absolute Gasteiger partial charge is 0.394 e. The first-order valence-corrected chi connectivity index (χ1v) is 14.3. The van der Waals surface area contributed by atoms with Crippen LogP contribution < -0.4 is 5.32 Å². The number of allylic oxidation sites excluding steroid dienone is 6. The predicted molar refractivity (Wildman–Crippen MR) is 188 cm³/mol. The number of ether oxygens (including phenoxy) is 1. The van der Waals surface area contributed by atoms with E-state index in [9.17, 15) is 9.59 Å². The lowest BCUT2D eigenvalue weighted by molar-refractivity contribution is -0.121. The van der Waals surface area contributed by atoms with Gasteiger partial charge in [0.25, 0.3) is 0 Å². The van der Waals surface area contributed by atoms with E-state index in [1.165, 1.54) is 11.1 Å². The number of ketones is 1.